The Bertz CT molecular complexity index is 461. The summed E-state index contributed by atoms with van der Waals surface area (Å²) >= 11 is 7.52. The van der Waals surface area contributed by atoms with E-state index in [9.17, 15) is 0 Å². The highest BCUT2D eigenvalue weighted by Crippen LogP contribution is 2.21. The molecule has 0 radical (unpaired) electrons. The molecule has 0 spiro atoms. The Hall–Kier alpha value is -1.07. The van der Waals surface area contributed by atoms with Gasteiger partial charge in [0.2, 0.25) is 0 Å². The van der Waals surface area contributed by atoms with Gasteiger partial charge in [-0.15, -0.1) is 11.3 Å². The Balaban J connectivity index is 1.97. The second kappa shape index (κ2) is 6.02. The van der Waals surface area contributed by atoms with Crippen molar-refractivity contribution in [3.63, 3.8) is 0 Å². The number of hydrogen-bond acceptors (Lipinski definition) is 4. The predicted octanol–water partition coefficient (Wildman–Crippen LogP) is 2.98. The molecule has 0 saturated heterocycles. The van der Waals surface area contributed by atoms with Gasteiger partial charge in [0.1, 0.15) is 12.4 Å². The largest absolute Gasteiger partial charge is 0.491 e. The molecular weight excluding hydrogens is 256 g/mol. The van der Waals surface area contributed by atoms with Gasteiger partial charge < -0.3 is 4.74 Å². The molecule has 1 unspecified atom stereocenters. The molecular formula is C12H13ClN2OS. The van der Waals surface area contributed by atoms with Gasteiger partial charge in [-0.05, 0) is 29.6 Å². The monoisotopic (exact) mass is 268 g/mol. The molecule has 0 aliphatic rings. The lowest BCUT2D eigenvalue weighted by Crippen LogP contribution is -2.31. The normalized spacial score (nSPS) is 12.4. The summed E-state index contributed by atoms with van der Waals surface area (Å²) < 4.78 is 5.64. The highest BCUT2D eigenvalue weighted by Gasteiger charge is 2.11. The lowest BCUT2D eigenvalue weighted by atomic mass is 10.2. The van der Waals surface area contributed by atoms with E-state index in [2.05, 4.69) is 5.43 Å². The number of thiophene rings is 1. The van der Waals surface area contributed by atoms with E-state index in [4.69, 9.17) is 22.2 Å². The summed E-state index contributed by atoms with van der Waals surface area (Å²) in [7, 11) is 0. The zero-order chi connectivity index (χ0) is 12.1. The third-order valence-corrected chi connectivity index (χ3v) is 3.52. The van der Waals surface area contributed by atoms with Crippen LogP contribution in [0.15, 0.2) is 41.8 Å². The van der Waals surface area contributed by atoms with Crippen LogP contribution < -0.4 is 16.0 Å². The maximum absolute atomic E-state index is 5.88. The lowest BCUT2D eigenvalue weighted by Gasteiger charge is -2.15. The van der Waals surface area contributed by atoms with E-state index in [-0.39, 0.29) is 6.04 Å². The minimum absolute atomic E-state index is 0.00557. The maximum atomic E-state index is 5.88. The number of rotatable bonds is 5. The molecule has 90 valence electrons. The fraction of sp³-hybridized carbons (Fsp3) is 0.167. The Kier molecular flexibility index (Phi) is 4.39. The van der Waals surface area contributed by atoms with E-state index in [0.29, 0.717) is 11.6 Å². The van der Waals surface area contributed by atoms with Crippen LogP contribution in [0.5, 0.6) is 5.75 Å². The van der Waals surface area contributed by atoms with Crippen molar-refractivity contribution in [2.24, 2.45) is 5.84 Å². The van der Waals surface area contributed by atoms with Crippen molar-refractivity contribution in [1.29, 1.82) is 0 Å². The Morgan fingerprint density at radius 2 is 2.24 bits per heavy atom. The van der Waals surface area contributed by atoms with Crippen molar-refractivity contribution in [2.45, 2.75) is 6.04 Å². The lowest BCUT2D eigenvalue weighted by molar-refractivity contribution is 0.269. The van der Waals surface area contributed by atoms with Crippen LogP contribution in [0.2, 0.25) is 5.02 Å². The summed E-state index contributed by atoms with van der Waals surface area (Å²) in [6.07, 6.45) is 0. The molecule has 17 heavy (non-hydrogen) atoms. The zero-order valence-electron chi connectivity index (χ0n) is 9.10. The molecule has 2 rings (SSSR count). The zero-order valence-corrected chi connectivity index (χ0v) is 10.7. The van der Waals surface area contributed by atoms with E-state index in [1.807, 2.05) is 35.7 Å². The molecule has 0 aliphatic heterocycles. The smallest absolute Gasteiger partial charge is 0.120 e. The molecule has 3 N–H and O–H groups in total. The minimum Gasteiger partial charge on any atom is -0.491 e. The number of halogens is 1. The number of ether oxygens (including phenoxy) is 1. The van der Waals surface area contributed by atoms with Gasteiger partial charge in [0, 0.05) is 9.90 Å². The quantitative estimate of drug-likeness (QED) is 0.647. The summed E-state index contributed by atoms with van der Waals surface area (Å²) in [5.41, 5.74) is 2.74. The number of nitrogens with two attached hydrogens (primary N) is 1. The minimum atomic E-state index is -0.00557. The van der Waals surface area contributed by atoms with Crippen LogP contribution >= 0.6 is 22.9 Å². The van der Waals surface area contributed by atoms with E-state index in [1.165, 1.54) is 0 Å². The Morgan fingerprint density at radius 1 is 1.35 bits per heavy atom. The Morgan fingerprint density at radius 3 is 2.88 bits per heavy atom. The number of benzene rings is 1. The molecule has 1 aromatic heterocycles. The van der Waals surface area contributed by atoms with Crippen molar-refractivity contribution in [1.82, 2.24) is 5.43 Å². The van der Waals surface area contributed by atoms with E-state index in [1.54, 1.807) is 17.4 Å². The molecule has 0 aliphatic carbocycles. The number of hydrogen-bond donors (Lipinski definition) is 2. The number of hydrazine groups is 1. The SMILES string of the molecule is NNC(COc1cccc(Cl)c1)c1cccs1. The summed E-state index contributed by atoms with van der Waals surface area (Å²) in [5, 5.41) is 2.68. The van der Waals surface area contributed by atoms with Crippen LogP contribution in [0.3, 0.4) is 0 Å². The van der Waals surface area contributed by atoms with Crippen LogP contribution in [0, 0.1) is 0 Å². The van der Waals surface area contributed by atoms with Crippen molar-refractivity contribution in [2.75, 3.05) is 6.61 Å². The van der Waals surface area contributed by atoms with Gasteiger partial charge in [-0.1, -0.05) is 23.7 Å². The van der Waals surface area contributed by atoms with E-state index >= 15 is 0 Å². The van der Waals surface area contributed by atoms with E-state index < -0.39 is 0 Å². The average Bonchev–Trinajstić information content (AvgIpc) is 2.84. The van der Waals surface area contributed by atoms with Crippen molar-refractivity contribution in [3.8, 4) is 5.75 Å². The van der Waals surface area contributed by atoms with Crippen molar-refractivity contribution in [3.05, 3.63) is 51.7 Å². The molecule has 0 amide bonds. The topological polar surface area (TPSA) is 47.3 Å². The van der Waals surface area contributed by atoms with Crippen molar-refractivity contribution >= 4 is 22.9 Å². The molecule has 1 aromatic carbocycles. The molecule has 1 heterocycles. The first kappa shape index (κ1) is 12.4. The van der Waals surface area contributed by atoms with E-state index in [0.717, 1.165) is 10.6 Å². The molecule has 0 bridgehead atoms. The standard InChI is InChI=1S/C12H13ClN2OS/c13-9-3-1-4-10(7-9)16-8-11(15-14)12-5-2-6-17-12/h1-7,11,15H,8,14H2. The summed E-state index contributed by atoms with van der Waals surface area (Å²) in [6.45, 7) is 0.470. The fourth-order valence-corrected chi connectivity index (χ4v) is 2.39. The molecule has 3 nitrogen and oxygen atoms in total. The van der Waals surface area contributed by atoms with Gasteiger partial charge in [-0.3, -0.25) is 5.84 Å². The molecule has 5 heteroatoms. The second-order valence-electron chi connectivity index (χ2n) is 3.50. The average molecular weight is 269 g/mol. The first-order chi connectivity index (χ1) is 8.29. The Labute approximate surface area is 109 Å². The van der Waals surface area contributed by atoms with Crippen LogP contribution in [0.25, 0.3) is 0 Å². The first-order valence-electron chi connectivity index (χ1n) is 5.17. The highest BCUT2D eigenvalue weighted by molar-refractivity contribution is 7.10. The van der Waals surface area contributed by atoms with Gasteiger partial charge in [0.05, 0.1) is 6.04 Å². The molecule has 0 fully saturated rings. The van der Waals surface area contributed by atoms with Gasteiger partial charge in [0.25, 0.3) is 0 Å². The van der Waals surface area contributed by atoms with Crippen molar-refractivity contribution < 1.29 is 4.74 Å². The molecule has 2 aromatic rings. The fourth-order valence-electron chi connectivity index (χ4n) is 1.44. The van der Waals surface area contributed by atoms with Gasteiger partial charge in [0.15, 0.2) is 0 Å². The van der Waals surface area contributed by atoms with Gasteiger partial charge >= 0.3 is 0 Å². The summed E-state index contributed by atoms with van der Waals surface area (Å²) in [5.74, 6) is 6.25. The highest BCUT2D eigenvalue weighted by atomic mass is 35.5. The molecule has 1 atom stereocenters. The van der Waals surface area contributed by atoms with Crippen LogP contribution in [0.1, 0.15) is 10.9 Å². The summed E-state index contributed by atoms with van der Waals surface area (Å²) in [4.78, 5) is 1.15. The van der Waals surface area contributed by atoms with Gasteiger partial charge in [-0.2, -0.15) is 0 Å². The molecule has 0 saturated carbocycles. The third kappa shape index (κ3) is 3.44. The predicted molar refractivity (Wildman–Crippen MR) is 71.3 cm³/mol. The maximum Gasteiger partial charge on any atom is 0.120 e. The van der Waals surface area contributed by atoms with Crippen LogP contribution in [0.4, 0.5) is 0 Å². The number of nitrogens with one attached hydrogen (secondary N) is 1. The van der Waals surface area contributed by atoms with Crippen LogP contribution in [-0.4, -0.2) is 6.61 Å². The van der Waals surface area contributed by atoms with Crippen LogP contribution in [-0.2, 0) is 0 Å². The third-order valence-electron chi connectivity index (χ3n) is 2.30. The summed E-state index contributed by atoms with van der Waals surface area (Å²) in [6, 6.07) is 11.3. The second-order valence-corrected chi connectivity index (χ2v) is 4.92. The first-order valence-corrected chi connectivity index (χ1v) is 6.43. The van der Waals surface area contributed by atoms with Gasteiger partial charge in [-0.25, -0.2) is 5.43 Å².